The van der Waals surface area contributed by atoms with E-state index in [1.807, 2.05) is 13.8 Å². The molecular formula is C13H20N2O2S2. The molecule has 1 unspecified atom stereocenters. The van der Waals surface area contributed by atoms with E-state index in [1.165, 1.54) is 4.31 Å². The van der Waals surface area contributed by atoms with Gasteiger partial charge in [0.1, 0.15) is 4.99 Å². The highest BCUT2D eigenvalue weighted by atomic mass is 32.2. The van der Waals surface area contributed by atoms with E-state index in [1.54, 1.807) is 31.3 Å². The van der Waals surface area contributed by atoms with Gasteiger partial charge in [-0.1, -0.05) is 43.8 Å². The van der Waals surface area contributed by atoms with Crippen LogP contribution in [0.1, 0.15) is 32.3 Å². The molecule has 1 rings (SSSR count). The molecule has 0 aliphatic heterocycles. The molecule has 106 valence electrons. The van der Waals surface area contributed by atoms with Gasteiger partial charge in [-0.05, 0) is 19.4 Å². The molecule has 19 heavy (non-hydrogen) atoms. The fourth-order valence-corrected chi connectivity index (χ4v) is 3.73. The number of nitrogens with two attached hydrogens (primary N) is 1. The Labute approximate surface area is 120 Å². The summed E-state index contributed by atoms with van der Waals surface area (Å²) in [4.78, 5) is 0.267. The third-order valence-electron chi connectivity index (χ3n) is 3.14. The Hall–Kier alpha value is -0.980. The lowest BCUT2D eigenvalue weighted by atomic mass is 10.2. The summed E-state index contributed by atoms with van der Waals surface area (Å²) >= 11 is 4.92. The largest absolute Gasteiger partial charge is 0.389 e. The molecule has 0 amide bonds. The number of hydrogen-bond donors (Lipinski definition) is 1. The smallest absolute Gasteiger partial charge is 0.243 e. The number of benzene rings is 1. The van der Waals surface area contributed by atoms with Crippen molar-refractivity contribution in [3.05, 3.63) is 29.8 Å². The number of rotatable bonds is 6. The van der Waals surface area contributed by atoms with E-state index in [0.717, 1.165) is 12.8 Å². The second kappa shape index (κ2) is 6.45. The molecule has 0 spiro atoms. The van der Waals surface area contributed by atoms with E-state index in [-0.39, 0.29) is 15.9 Å². The Balaban J connectivity index is 3.24. The molecule has 1 atom stereocenters. The number of nitrogens with zero attached hydrogens (tertiary/aromatic N) is 1. The van der Waals surface area contributed by atoms with E-state index in [9.17, 15) is 8.42 Å². The number of thiocarbonyl (C=S) groups is 1. The Morgan fingerprint density at radius 2 is 2.00 bits per heavy atom. The molecule has 1 aromatic carbocycles. The first-order chi connectivity index (χ1) is 8.82. The van der Waals surface area contributed by atoms with E-state index in [4.69, 9.17) is 18.0 Å². The molecule has 6 heteroatoms. The van der Waals surface area contributed by atoms with Crippen LogP contribution in [0.5, 0.6) is 0 Å². The van der Waals surface area contributed by atoms with Crippen molar-refractivity contribution in [1.82, 2.24) is 4.31 Å². The van der Waals surface area contributed by atoms with Gasteiger partial charge in [-0.15, -0.1) is 0 Å². The topological polar surface area (TPSA) is 63.4 Å². The van der Waals surface area contributed by atoms with E-state index < -0.39 is 10.0 Å². The third-order valence-corrected chi connectivity index (χ3v) is 5.39. The van der Waals surface area contributed by atoms with Crippen LogP contribution >= 0.6 is 12.2 Å². The fraction of sp³-hybridized carbons (Fsp3) is 0.462. The summed E-state index contributed by atoms with van der Waals surface area (Å²) in [5.41, 5.74) is 5.99. The fourth-order valence-electron chi connectivity index (χ4n) is 1.89. The second-order valence-electron chi connectivity index (χ2n) is 4.52. The zero-order valence-corrected chi connectivity index (χ0v) is 13.1. The Kier molecular flexibility index (Phi) is 5.46. The van der Waals surface area contributed by atoms with Gasteiger partial charge in [-0.3, -0.25) is 0 Å². The lowest BCUT2D eigenvalue weighted by Gasteiger charge is -2.25. The average molecular weight is 300 g/mol. The van der Waals surface area contributed by atoms with Gasteiger partial charge in [0, 0.05) is 18.7 Å². The first kappa shape index (κ1) is 16.1. The Morgan fingerprint density at radius 3 is 2.53 bits per heavy atom. The van der Waals surface area contributed by atoms with Crippen LogP contribution in [0, 0.1) is 0 Å². The van der Waals surface area contributed by atoms with Crippen molar-refractivity contribution >= 4 is 27.2 Å². The Bertz CT molecular complexity index is 556. The van der Waals surface area contributed by atoms with Gasteiger partial charge in [0.05, 0.1) is 4.90 Å². The lowest BCUT2D eigenvalue weighted by Crippen LogP contribution is -2.36. The van der Waals surface area contributed by atoms with E-state index >= 15 is 0 Å². The molecule has 2 N–H and O–H groups in total. The highest BCUT2D eigenvalue weighted by Gasteiger charge is 2.27. The first-order valence-electron chi connectivity index (χ1n) is 6.19. The molecule has 0 saturated heterocycles. The van der Waals surface area contributed by atoms with Crippen LogP contribution in [-0.4, -0.2) is 30.8 Å². The van der Waals surface area contributed by atoms with Crippen LogP contribution in [0.3, 0.4) is 0 Å². The monoisotopic (exact) mass is 300 g/mol. The molecule has 0 aromatic heterocycles. The van der Waals surface area contributed by atoms with Crippen LogP contribution in [-0.2, 0) is 10.0 Å². The van der Waals surface area contributed by atoms with Crippen molar-refractivity contribution in [2.75, 3.05) is 7.05 Å². The van der Waals surface area contributed by atoms with Gasteiger partial charge in [-0.2, -0.15) is 4.31 Å². The highest BCUT2D eigenvalue weighted by Crippen LogP contribution is 2.22. The van der Waals surface area contributed by atoms with Gasteiger partial charge in [0.15, 0.2) is 0 Å². The van der Waals surface area contributed by atoms with Gasteiger partial charge >= 0.3 is 0 Å². The third kappa shape index (κ3) is 3.52. The summed E-state index contributed by atoms with van der Waals surface area (Å²) in [6.07, 6.45) is 1.74. The van der Waals surface area contributed by atoms with Gasteiger partial charge in [-0.25, -0.2) is 8.42 Å². The normalized spacial score (nSPS) is 13.5. The van der Waals surface area contributed by atoms with Crippen LogP contribution in [0.25, 0.3) is 0 Å². The number of hydrogen-bond acceptors (Lipinski definition) is 3. The average Bonchev–Trinajstić information content (AvgIpc) is 2.38. The van der Waals surface area contributed by atoms with Crippen LogP contribution in [0.2, 0.25) is 0 Å². The van der Waals surface area contributed by atoms with Crippen molar-refractivity contribution in [1.29, 1.82) is 0 Å². The Morgan fingerprint density at radius 1 is 1.42 bits per heavy atom. The quantitative estimate of drug-likeness (QED) is 0.818. The van der Waals surface area contributed by atoms with Crippen molar-refractivity contribution < 1.29 is 8.42 Å². The van der Waals surface area contributed by atoms with Crippen LogP contribution in [0.15, 0.2) is 29.2 Å². The van der Waals surface area contributed by atoms with E-state index in [0.29, 0.717) is 5.56 Å². The van der Waals surface area contributed by atoms with Crippen LogP contribution < -0.4 is 5.73 Å². The molecule has 1 aromatic rings. The van der Waals surface area contributed by atoms with Crippen molar-refractivity contribution in [3.8, 4) is 0 Å². The summed E-state index contributed by atoms with van der Waals surface area (Å²) in [7, 11) is -1.98. The first-order valence-corrected chi connectivity index (χ1v) is 8.04. The predicted octanol–water partition coefficient (Wildman–Crippen LogP) is 2.13. The molecule has 0 aliphatic carbocycles. The minimum absolute atomic E-state index is 0.0607. The summed E-state index contributed by atoms with van der Waals surface area (Å²) in [5, 5.41) is 0. The summed E-state index contributed by atoms with van der Waals surface area (Å²) in [5.74, 6) is 0. The summed E-state index contributed by atoms with van der Waals surface area (Å²) in [6.45, 7) is 3.92. The summed E-state index contributed by atoms with van der Waals surface area (Å²) < 4.78 is 26.6. The maximum atomic E-state index is 12.6. The molecule has 0 saturated carbocycles. The highest BCUT2D eigenvalue weighted by molar-refractivity contribution is 7.89. The summed E-state index contributed by atoms with van der Waals surface area (Å²) in [6, 6.07) is 6.51. The molecule has 4 nitrogen and oxygen atoms in total. The number of sulfonamides is 1. The minimum Gasteiger partial charge on any atom is -0.389 e. The molecule has 0 heterocycles. The van der Waals surface area contributed by atoms with Gasteiger partial charge in [0.25, 0.3) is 0 Å². The molecule has 0 bridgehead atoms. The second-order valence-corrected chi connectivity index (χ2v) is 6.93. The van der Waals surface area contributed by atoms with Crippen molar-refractivity contribution in [2.24, 2.45) is 5.73 Å². The standard InChI is InChI=1S/C13H20N2O2S2/c1-4-7-10(2)15(3)19(16,17)12-9-6-5-8-11(12)13(14)18/h5-6,8-10H,4,7H2,1-3H3,(H2,14,18). The zero-order valence-electron chi connectivity index (χ0n) is 11.5. The van der Waals surface area contributed by atoms with Crippen molar-refractivity contribution in [2.45, 2.75) is 37.6 Å². The zero-order chi connectivity index (χ0) is 14.6. The van der Waals surface area contributed by atoms with Gasteiger partial charge in [0.2, 0.25) is 10.0 Å². The predicted molar refractivity (Wildman–Crippen MR) is 81.6 cm³/mol. The minimum atomic E-state index is -3.57. The van der Waals surface area contributed by atoms with Crippen molar-refractivity contribution in [3.63, 3.8) is 0 Å². The maximum absolute atomic E-state index is 12.6. The van der Waals surface area contributed by atoms with Crippen LogP contribution in [0.4, 0.5) is 0 Å². The molecule has 0 fully saturated rings. The van der Waals surface area contributed by atoms with E-state index in [2.05, 4.69) is 0 Å². The van der Waals surface area contributed by atoms with Gasteiger partial charge < -0.3 is 5.73 Å². The SMILES string of the molecule is CCCC(C)N(C)S(=O)(=O)c1ccccc1C(N)=S. The lowest BCUT2D eigenvalue weighted by molar-refractivity contribution is 0.368. The molecular weight excluding hydrogens is 280 g/mol. The maximum Gasteiger partial charge on any atom is 0.243 e. The molecule has 0 aliphatic rings. The molecule has 0 radical (unpaired) electrons.